The first-order valence-electron chi connectivity index (χ1n) is 8.77. The number of nitrogens with zero attached hydrogens (tertiary/aromatic N) is 2. The maximum Gasteiger partial charge on any atom is 0.170 e. The van der Waals surface area contributed by atoms with Crippen molar-refractivity contribution >= 4 is 11.0 Å². The van der Waals surface area contributed by atoms with Gasteiger partial charge in [-0.3, -0.25) is 4.57 Å². The van der Waals surface area contributed by atoms with E-state index in [-0.39, 0.29) is 11.3 Å². The minimum atomic E-state index is -0.950. The van der Waals surface area contributed by atoms with E-state index in [9.17, 15) is 13.9 Å². The fourth-order valence-electron chi connectivity index (χ4n) is 3.28. The van der Waals surface area contributed by atoms with Crippen LogP contribution in [0.2, 0.25) is 0 Å². The summed E-state index contributed by atoms with van der Waals surface area (Å²) in [4.78, 5) is 4.40. The van der Waals surface area contributed by atoms with Crippen LogP contribution in [-0.2, 0) is 0 Å². The number of benzene rings is 3. The molecule has 1 N–H and O–H groups in total. The third-order valence-corrected chi connectivity index (χ3v) is 4.74. The number of halogens is 2. The van der Waals surface area contributed by atoms with Crippen LogP contribution in [0.5, 0.6) is 5.75 Å². The van der Waals surface area contributed by atoms with Crippen LogP contribution in [0, 0.1) is 11.6 Å². The summed E-state index contributed by atoms with van der Waals surface area (Å²) in [6, 6.07) is 15.1. The molecule has 1 unspecified atom stereocenters. The summed E-state index contributed by atoms with van der Waals surface area (Å²) in [5, 5.41) is 9.75. The summed E-state index contributed by atoms with van der Waals surface area (Å²) in [6.07, 6.45) is 1.08. The summed E-state index contributed by atoms with van der Waals surface area (Å²) in [7, 11) is 1.42. The zero-order valence-corrected chi connectivity index (χ0v) is 15.4. The second kappa shape index (κ2) is 7.05. The lowest BCUT2D eigenvalue weighted by molar-refractivity contribution is 0.199. The Labute approximate surface area is 160 Å². The SMILES string of the molecule is COc1ccc(F)c(F)c1-c1cccc(-n2cnc3cc(C(C)O)ccc32)c1. The first-order chi connectivity index (χ1) is 13.5. The van der Waals surface area contributed by atoms with Gasteiger partial charge in [-0.05, 0) is 54.4 Å². The van der Waals surface area contributed by atoms with Crippen LogP contribution >= 0.6 is 0 Å². The third kappa shape index (κ3) is 3.01. The second-order valence-corrected chi connectivity index (χ2v) is 6.53. The second-order valence-electron chi connectivity index (χ2n) is 6.53. The molecule has 0 saturated carbocycles. The van der Waals surface area contributed by atoms with Gasteiger partial charge in [-0.25, -0.2) is 13.8 Å². The van der Waals surface area contributed by atoms with E-state index in [1.807, 2.05) is 28.8 Å². The molecule has 6 heteroatoms. The number of aromatic nitrogens is 2. The van der Waals surface area contributed by atoms with E-state index in [1.165, 1.54) is 13.2 Å². The van der Waals surface area contributed by atoms with Gasteiger partial charge in [0.15, 0.2) is 11.6 Å². The number of methoxy groups -OCH3 is 1. The first kappa shape index (κ1) is 18.1. The van der Waals surface area contributed by atoms with E-state index < -0.39 is 17.7 Å². The molecule has 0 spiro atoms. The van der Waals surface area contributed by atoms with Crippen LogP contribution in [-0.4, -0.2) is 21.8 Å². The lowest BCUT2D eigenvalue weighted by Gasteiger charge is -2.12. The smallest absolute Gasteiger partial charge is 0.170 e. The van der Waals surface area contributed by atoms with E-state index in [4.69, 9.17) is 4.74 Å². The van der Waals surface area contributed by atoms with Gasteiger partial charge in [0.2, 0.25) is 0 Å². The number of fused-ring (bicyclic) bond motifs is 1. The molecule has 4 rings (SSSR count). The highest BCUT2D eigenvalue weighted by Crippen LogP contribution is 2.35. The molecule has 0 aliphatic carbocycles. The van der Waals surface area contributed by atoms with Gasteiger partial charge in [-0.15, -0.1) is 0 Å². The predicted octanol–water partition coefficient (Wildman–Crippen LogP) is 5.03. The average molecular weight is 380 g/mol. The van der Waals surface area contributed by atoms with Crippen molar-refractivity contribution in [2.24, 2.45) is 0 Å². The number of imidazole rings is 1. The molecule has 1 aromatic heterocycles. The lowest BCUT2D eigenvalue weighted by atomic mass is 10.0. The molecular weight excluding hydrogens is 362 g/mol. The Bertz CT molecular complexity index is 1170. The van der Waals surface area contributed by atoms with Crippen molar-refractivity contribution in [1.29, 1.82) is 0 Å². The Morgan fingerprint density at radius 3 is 2.64 bits per heavy atom. The van der Waals surface area contributed by atoms with Crippen LogP contribution < -0.4 is 4.74 Å². The van der Waals surface area contributed by atoms with E-state index in [2.05, 4.69) is 4.98 Å². The van der Waals surface area contributed by atoms with Crippen molar-refractivity contribution in [1.82, 2.24) is 9.55 Å². The largest absolute Gasteiger partial charge is 0.496 e. The van der Waals surface area contributed by atoms with Crippen LogP contribution in [0.4, 0.5) is 8.78 Å². The van der Waals surface area contributed by atoms with E-state index >= 15 is 0 Å². The zero-order chi connectivity index (χ0) is 19.8. The minimum absolute atomic E-state index is 0.0742. The van der Waals surface area contributed by atoms with Gasteiger partial charge in [0.25, 0.3) is 0 Å². The lowest BCUT2D eigenvalue weighted by Crippen LogP contribution is -1.97. The van der Waals surface area contributed by atoms with E-state index in [0.717, 1.165) is 28.4 Å². The predicted molar refractivity (Wildman–Crippen MR) is 104 cm³/mol. The molecule has 4 nitrogen and oxygen atoms in total. The Kier molecular flexibility index (Phi) is 4.57. The van der Waals surface area contributed by atoms with Crippen molar-refractivity contribution in [2.45, 2.75) is 13.0 Å². The monoisotopic (exact) mass is 380 g/mol. The van der Waals surface area contributed by atoms with Crippen molar-refractivity contribution in [3.63, 3.8) is 0 Å². The molecule has 0 fully saturated rings. The summed E-state index contributed by atoms with van der Waals surface area (Å²) < 4.78 is 35.4. The van der Waals surface area contributed by atoms with Crippen molar-refractivity contribution in [3.05, 3.63) is 78.1 Å². The molecule has 0 radical (unpaired) electrons. The van der Waals surface area contributed by atoms with Crippen LogP contribution in [0.15, 0.2) is 60.9 Å². The molecule has 4 aromatic rings. The van der Waals surface area contributed by atoms with Crippen molar-refractivity contribution < 1.29 is 18.6 Å². The van der Waals surface area contributed by atoms with Gasteiger partial charge in [-0.1, -0.05) is 18.2 Å². The molecule has 142 valence electrons. The first-order valence-corrected chi connectivity index (χ1v) is 8.77. The van der Waals surface area contributed by atoms with Gasteiger partial charge in [0.05, 0.1) is 29.8 Å². The molecule has 0 aliphatic rings. The molecule has 0 amide bonds. The maximum absolute atomic E-state index is 14.5. The average Bonchev–Trinajstić information content (AvgIpc) is 3.13. The summed E-state index contributed by atoms with van der Waals surface area (Å²) in [6.45, 7) is 1.70. The van der Waals surface area contributed by atoms with E-state index in [1.54, 1.807) is 31.5 Å². The number of aliphatic hydroxyl groups is 1. The number of hydrogen-bond donors (Lipinski definition) is 1. The van der Waals surface area contributed by atoms with Crippen molar-refractivity contribution in [3.8, 4) is 22.6 Å². The van der Waals surface area contributed by atoms with Gasteiger partial charge < -0.3 is 9.84 Å². The van der Waals surface area contributed by atoms with Gasteiger partial charge in [0, 0.05) is 5.69 Å². The van der Waals surface area contributed by atoms with Gasteiger partial charge in [-0.2, -0.15) is 0 Å². The maximum atomic E-state index is 14.5. The highest BCUT2D eigenvalue weighted by molar-refractivity contribution is 5.79. The fourth-order valence-corrected chi connectivity index (χ4v) is 3.28. The Hall–Kier alpha value is -3.25. The summed E-state index contributed by atoms with van der Waals surface area (Å²) in [5.41, 5.74) is 3.67. The molecule has 28 heavy (non-hydrogen) atoms. The van der Waals surface area contributed by atoms with Crippen molar-refractivity contribution in [2.75, 3.05) is 7.11 Å². The van der Waals surface area contributed by atoms with Gasteiger partial charge in [0.1, 0.15) is 12.1 Å². The molecular formula is C22H18F2N2O2. The molecule has 0 aliphatic heterocycles. The number of ether oxygens (including phenoxy) is 1. The minimum Gasteiger partial charge on any atom is -0.496 e. The Balaban J connectivity index is 1.85. The normalized spacial score (nSPS) is 12.3. The molecule has 1 heterocycles. The quantitative estimate of drug-likeness (QED) is 0.540. The topological polar surface area (TPSA) is 47.3 Å². The van der Waals surface area contributed by atoms with Gasteiger partial charge >= 0.3 is 0 Å². The van der Waals surface area contributed by atoms with Crippen LogP contribution in [0.3, 0.4) is 0 Å². The molecule has 0 bridgehead atoms. The summed E-state index contributed by atoms with van der Waals surface area (Å²) >= 11 is 0. The van der Waals surface area contributed by atoms with Crippen LogP contribution in [0.1, 0.15) is 18.6 Å². The molecule has 0 saturated heterocycles. The Morgan fingerprint density at radius 1 is 1.07 bits per heavy atom. The Morgan fingerprint density at radius 2 is 1.89 bits per heavy atom. The fraction of sp³-hybridized carbons (Fsp3) is 0.136. The molecule has 1 atom stereocenters. The standard InChI is InChI=1S/C22H18F2N2O2/c1-13(27)14-6-8-19-18(11-14)25-12-26(19)16-5-3-4-15(10-16)21-20(28-2)9-7-17(23)22(21)24/h3-13,27H,1-2H3. The van der Waals surface area contributed by atoms with Crippen LogP contribution in [0.25, 0.3) is 27.8 Å². The highest BCUT2D eigenvalue weighted by atomic mass is 19.2. The number of hydrogen-bond acceptors (Lipinski definition) is 3. The number of rotatable bonds is 4. The number of aliphatic hydroxyl groups excluding tert-OH is 1. The van der Waals surface area contributed by atoms with E-state index in [0.29, 0.717) is 5.56 Å². The highest BCUT2D eigenvalue weighted by Gasteiger charge is 2.17. The zero-order valence-electron chi connectivity index (χ0n) is 15.4. The molecule has 3 aromatic carbocycles. The summed E-state index contributed by atoms with van der Waals surface area (Å²) in [5.74, 6) is -1.62. The third-order valence-electron chi connectivity index (χ3n) is 4.74.